The number of nitrogens with two attached hydrogens (primary N) is 1. The molecular weight excluding hydrogens is 256 g/mol. The first-order chi connectivity index (χ1) is 9.62. The predicted molar refractivity (Wildman–Crippen MR) is 78.0 cm³/mol. The maximum Gasteiger partial charge on any atom is 0.328 e. The Kier molecular flexibility index (Phi) is 7.59. The minimum Gasteiger partial charge on any atom is -0.467 e. The molecular formula is C15H28N2O3. The summed E-state index contributed by atoms with van der Waals surface area (Å²) in [7, 11) is 1.36. The van der Waals surface area contributed by atoms with Crippen LogP contribution in [0.2, 0.25) is 0 Å². The van der Waals surface area contributed by atoms with E-state index in [0.29, 0.717) is 18.9 Å². The third kappa shape index (κ3) is 5.12. The van der Waals surface area contributed by atoms with Gasteiger partial charge in [0.05, 0.1) is 7.11 Å². The maximum atomic E-state index is 12.2. The zero-order valence-corrected chi connectivity index (χ0v) is 12.7. The second-order valence-corrected chi connectivity index (χ2v) is 5.68. The summed E-state index contributed by atoms with van der Waals surface area (Å²) in [5, 5.41) is 2.86. The Morgan fingerprint density at radius 1 is 1.30 bits per heavy atom. The molecule has 0 bridgehead atoms. The van der Waals surface area contributed by atoms with Crippen LogP contribution in [0, 0.1) is 11.8 Å². The van der Waals surface area contributed by atoms with Crippen molar-refractivity contribution in [3.05, 3.63) is 0 Å². The van der Waals surface area contributed by atoms with Crippen LogP contribution < -0.4 is 11.1 Å². The highest BCUT2D eigenvalue weighted by atomic mass is 16.5. The van der Waals surface area contributed by atoms with E-state index in [4.69, 9.17) is 10.5 Å². The number of nitrogens with one attached hydrogen (secondary N) is 1. The zero-order chi connectivity index (χ0) is 15.0. The average molecular weight is 284 g/mol. The molecule has 0 radical (unpaired) electrons. The van der Waals surface area contributed by atoms with Crippen LogP contribution in [0.25, 0.3) is 0 Å². The van der Waals surface area contributed by atoms with Crippen LogP contribution in [0.1, 0.15) is 51.9 Å². The van der Waals surface area contributed by atoms with Crippen LogP contribution in [0.15, 0.2) is 0 Å². The largest absolute Gasteiger partial charge is 0.467 e. The molecule has 0 aromatic rings. The second-order valence-electron chi connectivity index (χ2n) is 5.68. The summed E-state index contributed by atoms with van der Waals surface area (Å²) in [4.78, 5) is 23.9. The minimum absolute atomic E-state index is 0.00743. The fraction of sp³-hybridized carbons (Fsp3) is 0.867. The van der Waals surface area contributed by atoms with E-state index >= 15 is 0 Å². The Bertz CT molecular complexity index is 312. The molecule has 0 aromatic heterocycles. The fourth-order valence-corrected chi connectivity index (χ4v) is 2.75. The van der Waals surface area contributed by atoms with Gasteiger partial charge in [-0.3, -0.25) is 4.79 Å². The molecule has 0 heterocycles. The highest BCUT2D eigenvalue weighted by Gasteiger charge is 2.29. The Morgan fingerprint density at radius 3 is 2.45 bits per heavy atom. The van der Waals surface area contributed by atoms with E-state index in [1.807, 2.05) is 0 Å². The molecule has 0 saturated heterocycles. The van der Waals surface area contributed by atoms with Crippen LogP contribution in [-0.2, 0) is 14.3 Å². The van der Waals surface area contributed by atoms with Gasteiger partial charge in [0.25, 0.3) is 0 Å². The molecule has 1 atom stereocenters. The summed E-state index contributed by atoms with van der Waals surface area (Å²) in [5.41, 5.74) is 5.66. The van der Waals surface area contributed by atoms with E-state index in [1.54, 1.807) is 0 Å². The van der Waals surface area contributed by atoms with E-state index in [2.05, 4.69) is 12.2 Å². The van der Waals surface area contributed by atoms with E-state index in [-0.39, 0.29) is 17.8 Å². The van der Waals surface area contributed by atoms with Gasteiger partial charge in [-0.1, -0.05) is 19.8 Å². The van der Waals surface area contributed by atoms with Gasteiger partial charge < -0.3 is 15.8 Å². The Balaban J connectivity index is 2.47. The third-order valence-corrected chi connectivity index (χ3v) is 4.20. The molecule has 1 aliphatic rings. The SMILES string of the molecule is CCCC[C@H](NC(=O)C1CCC(CN)CC1)C(=O)OC. The summed E-state index contributed by atoms with van der Waals surface area (Å²) in [6.07, 6.45) is 6.29. The van der Waals surface area contributed by atoms with Gasteiger partial charge in [0.1, 0.15) is 6.04 Å². The fourth-order valence-electron chi connectivity index (χ4n) is 2.75. The molecule has 5 heteroatoms. The summed E-state index contributed by atoms with van der Waals surface area (Å²) in [5.74, 6) is 0.219. The average Bonchev–Trinajstić information content (AvgIpc) is 2.50. The standard InChI is InChI=1S/C15H28N2O3/c1-3-4-5-13(15(19)20-2)17-14(18)12-8-6-11(10-16)7-9-12/h11-13H,3-10,16H2,1-2H3,(H,17,18)/t11?,12?,13-/m0/s1. The predicted octanol–water partition coefficient (Wildman–Crippen LogP) is 1.60. The summed E-state index contributed by atoms with van der Waals surface area (Å²) < 4.78 is 4.76. The molecule has 1 amide bonds. The number of esters is 1. The third-order valence-electron chi connectivity index (χ3n) is 4.20. The summed E-state index contributed by atoms with van der Waals surface area (Å²) in [6, 6.07) is -0.500. The molecule has 0 aromatic carbocycles. The quantitative estimate of drug-likeness (QED) is 0.696. The van der Waals surface area contributed by atoms with Gasteiger partial charge in [-0.2, -0.15) is 0 Å². The van der Waals surface area contributed by atoms with Crippen LogP contribution in [0.3, 0.4) is 0 Å². The number of hydrogen-bond acceptors (Lipinski definition) is 4. The van der Waals surface area contributed by atoms with Crippen molar-refractivity contribution in [1.82, 2.24) is 5.32 Å². The molecule has 1 saturated carbocycles. The number of rotatable bonds is 7. The van der Waals surface area contributed by atoms with Gasteiger partial charge in [-0.25, -0.2) is 4.79 Å². The van der Waals surface area contributed by atoms with Gasteiger partial charge >= 0.3 is 5.97 Å². The topological polar surface area (TPSA) is 81.4 Å². The van der Waals surface area contributed by atoms with Gasteiger partial charge in [0, 0.05) is 5.92 Å². The smallest absolute Gasteiger partial charge is 0.328 e. The Labute approximate surface area is 121 Å². The lowest BCUT2D eigenvalue weighted by atomic mass is 9.81. The van der Waals surface area contributed by atoms with Crippen molar-refractivity contribution in [2.24, 2.45) is 17.6 Å². The Hall–Kier alpha value is -1.10. The molecule has 0 unspecified atom stereocenters. The number of ether oxygens (including phenoxy) is 1. The molecule has 20 heavy (non-hydrogen) atoms. The number of unbranched alkanes of at least 4 members (excludes halogenated alkanes) is 1. The molecule has 1 fully saturated rings. The normalized spacial score (nSPS) is 23.9. The molecule has 1 rings (SSSR count). The molecule has 1 aliphatic carbocycles. The molecule has 116 valence electrons. The number of methoxy groups -OCH3 is 1. The van der Waals surface area contributed by atoms with Crippen molar-refractivity contribution in [1.29, 1.82) is 0 Å². The number of carbonyl (C=O) groups excluding carboxylic acids is 2. The van der Waals surface area contributed by atoms with Crippen molar-refractivity contribution < 1.29 is 14.3 Å². The van der Waals surface area contributed by atoms with Crippen LogP contribution in [0.4, 0.5) is 0 Å². The van der Waals surface area contributed by atoms with E-state index in [1.165, 1.54) is 7.11 Å². The molecule has 5 nitrogen and oxygen atoms in total. The van der Waals surface area contributed by atoms with Crippen molar-refractivity contribution in [3.63, 3.8) is 0 Å². The van der Waals surface area contributed by atoms with E-state index in [9.17, 15) is 9.59 Å². The lowest BCUT2D eigenvalue weighted by Crippen LogP contribution is -2.45. The van der Waals surface area contributed by atoms with E-state index in [0.717, 1.165) is 38.5 Å². The molecule has 0 spiro atoms. The van der Waals surface area contributed by atoms with Crippen LogP contribution >= 0.6 is 0 Å². The number of carbonyl (C=O) groups is 2. The lowest BCUT2D eigenvalue weighted by molar-refractivity contribution is -0.146. The second kappa shape index (κ2) is 8.95. The zero-order valence-electron chi connectivity index (χ0n) is 12.7. The van der Waals surface area contributed by atoms with Crippen molar-refractivity contribution >= 4 is 11.9 Å². The summed E-state index contributed by atoms with van der Waals surface area (Å²) >= 11 is 0. The number of hydrogen-bond donors (Lipinski definition) is 2. The van der Waals surface area contributed by atoms with Crippen molar-refractivity contribution in [2.45, 2.75) is 57.9 Å². The first-order valence-electron chi connectivity index (χ1n) is 7.70. The van der Waals surface area contributed by atoms with Crippen LogP contribution in [-0.4, -0.2) is 31.6 Å². The van der Waals surface area contributed by atoms with Crippen molar-refractivity contribution in [3.8, 4) is 0 Å². The van der Waals surface area contributed by atoms with Gasteiger partial charge in [0.15, 0.2) is 0 Å². The van der Waals surface area contributed by atoms with E-state index < -0.39 is 6.04 Å². The number of amides is 1. The molecule has 3 N–H and O–H groups in total. The van der Waals surface area contributed by atoms with Crippen molar-refractivity contribution in [2.75, 3.05) is 13.7 Å². The summed E-state index contributed by atoms with van der Waals surface area (Å²) in [6.45, 7) is 2.76. The molecule has 0 aliphatic heterocycles. The first-order valence-corrected chi connectivity index (χ1v) is 7.70. The minimum atomic E-state index is -0.500. The highest BCUT2D eigenvalue weighted by Crippen LogP contribution is 2.28. The highest BCUT2D eigenvalue weighted by molar-refractivity contribution is 5.85. The van der Waals surface area contributed by atoms with Gasteiger partial charge in [-0.15, -0.1) is 0 Å². The lowest BCUT2D eigenvalue weighted by Gasteiger charge is -2.28. The van der Waals surface area contributed by atoms with Crippen LogP contribution in [0.5, 0.6) is 0 Å². The Morgan fingerprint density at radius 2 is 1.95 bits per heavy atom. The maximum absolute atomic E-state index is 12.2. The first kappa shape index (κ1) is 17.0. The van der Waals surface area contributed by atoms with Gasteiger partial charge in [0.2, 0.25) is 5.91 Å². The van der Waals surface area contributed by atoms with Gasteiger partial charge in [-0.05, 0) is 44.6 Å². The monoisotopic (exact) mass is 284 g/mol.